The number of fused-ring (bicyclic) bond motifs is 7. The average Bonchev–Trinajstić information content (AvgIpc) is 3.54. The Hall–Kier alpha value is -4.74. The molecule has 1 aliphatic heterocycles. The second kappa shape index (κ2) is 8.38. The number of aromatic nitrogens is 1. The molecule has 4 nitrogen and oxygen atoms in total. The lowest BCUT2D eigenvalue weighted by Crippen LogP contribution is -2.47. The third kappa shape index (κ3) is 3.37. The van der Waals surface area contributed by atoms with Crippen molar-refractivity contribution in [2.75, 3.05) is 0 Å². The molecular formula is C34H24N4S. The predicted molar refractivity (Wildman–Crippen MR) is 165 cm³/mol. The largest absolute Gasteiger partial charge is 0.342 e. The van der Waals surface area contributed by atoms with Crippen LogP contribution in [0.1, 0.15) is 18.1 Å². The Morgan fingerprint density at radius 3 is 2.15 bits per heavy atom. The van der Waals surface area contributed by atoms with Crippen molar-refractivity contribution in [3.63, 3.8) is 0 Å². The zero-order valence-corrected chi connectivity index (χ0v) is 22.1. The van der Waals surface area contributed by atoms with Crippen molar-refractivity contribution in [1.82, 2.24) is 9.88 Å². The van der Waals surface area contributed by atoms with Crippen molar-refractivity contribution in [2.24, 2.45) is 9.98 Å². The van der Waals surface area contributed by atoms with Crippen LogP contribution in [-0.4, -0.2) is 16.4 Å². The number of para-hydroxylation sites is 1. The molecule has 186 valence electrons. The van der Waals surface area contributed by atoms with Gasteiger partial charge < -0.3 is 5.32 Å². The normalized spacial score (nSPS) is 17.5. The summed E-state index contributed by atoms with van der Waals surface area (Å²) < 4.78 is 4.81. The van der Waals surface area contributed by atoms with Crippen LogP contribution in [0, 0.1) is 0 Å². The first kappa shape index (κ1) is 22.3. The van der Waals surface area contributed by atoms with E-state index in [-0.39, 0.29) is 0 Å². The van der Waals surface area contributed by atoms with E-state index in [1.807, 2.05) is 35.6 Å². The third-order valence-corrected chi connectivity index (χ3v) is 8.85. The molecule has 1 unspecified atom stereocenters. The molecule has 0 amide bonds. The summed E-state index contributed by atoms with van der Waals surface area (Å²) in [7, 11) is 0. The van der Waals surface area contributed by atoms with Gasteiger partial charge in [0.2, 0.25) is 5.96 Å². The van der Waals surface area contributed by atoms with E-state index in [0.717, 1.165) is 28.0 Å². The minimum absolute atomic E-state index is 0.676. The highest BCUT2D eigenvalue weighted by Gasteiger charge is 2.33. The molecule has 3 heterocycles. The van der Waals surface area contributed by atoms with Gasteiger partial charge in [0.25, 0.3) is 0 Å². The van der Waals surface area contributed by atoms with Crippen LogP contribution < -0.4 is 5.32 Å². The highest BCUT2D eigenvalue weighted by Crippen LogP contribution is 2.42. The minimum atomic E-state index is -0.699. The summed E-state index contributed by atoms with van der Waals surface area (Å²) in [4.78, 5) is 10.5. The van der Waals surface area contributed by atoms with Crippen LogP contribution in [0.4, 0.5) is 0 Å². The third-order valence-electron chi connectivity index (χ3n) is 7.66. The van der Waals surface area contributed by atoms with Crippen LogP contribution in [0.3, 0.4) is 0 Å². The molecule has 39 heavy (non-hydrogen) atoms. The van der Waals surface area contributed by atoms with Gasteiger partial charge in [0.15, 0.2) is 5.66 Å². The van der Waals surface area contributed by atoms with Crippen molar-refractivity contribution in [2.45, 2.75) is 12.6 Å². The van der Waals surface area contributed by atoms with E-state index >= 15 is 0 Å². The van der Waals surface area contributed by atoms with Gasteiger partial charge in [0, 0.05) is 31.8 Å². The van der Waals surface area contributed by atoms with Crippen LogP contribution in [0.5, 0.6) is 0 Å². The van der Waals surface area contributed by atoms with Crippen molar-refractivity contribution in [3.8, 4) is 0 Å². The fourth-order valence-corrected chi connectivity index (χ4v) is 7.02. The van der Waals surface area contributed by atoms with Gasteiger partial charge in [-0.05, 0) is 24.6 Å². The minimum Gasteiger partial charge on any atom is -0.342 e. The zero-order valence-electron chi connectivity index (χ0n) is 21.3. The summed E-state index contributed by atoms with van der Waals surface area (Å²) in [5.41, 5.74) is 3.67. The summed E-state index contributed by atoms with van der Waals surface area (Å²) in [6, 6.07) is 42.5. The second-order valence-corrected chi connectivity index (χ2v) is 11.1. The van der Waals surface area contributed by atoms with E-state index in [9.17, 15) is 0 Å². The molecule has 8 rings (SSSR count). The molecule has 1 atom stereocenters. The molecule has 0 spiro atoms. The van der Waals surface area contributed by atoms with E-state index in [0.29, 0.717) is 5.96 Å². The number of benzene rings is 5. The first-order valence-corrected chi connectivity index (χ1v) is 13.9. The lowest BCUT2D eigenvalue weighted by Gasteiger charge is -2.33. The first-order valence-electron chi connectivity index (χ1n) is 13.1. The number of aliphatic imine (C=N–C) groups is 2. The molecule has 0 saturated heterocycles. The van der Waals surface area contributed by atoms with E-state index in [1.165, 1.54) is 30.9 Å². The lowest BCUT2D eigenvalue weighted by molar-refractivity contribution is 0.452. The van der Waals surface area contributed by atoms with Gasteiger partial charge in [-0.3, -0.25) is 4.57 Å². The fraction of sp³-hybridized carbons (Fsp3) is 0.0588. The van der Waals surface area contributed by atoms with Gasteiger partial charge >= 0.3 is 0 Å². The average molecular weight is 521 g/mol. The molecule has 0 fully saturated rings. The summed E-state index contributed by atoms with van der Waals surface area (Å²) in [6.07, 6.45) is 0. The number of thiophene rings is 1. The predicted octanol–water partition coefficient (Wildman–Crippen LogP) is 8.29. The number of amidine groups is 1. The summed E-state index contributed by atoms with van der Waals surface area (Å²) >= 11 is 1.84. The molecule has 5 aromatic carbocycles. The monoisotopic (exact) mass is 520 g/mol. The number of hydrogen-bond acceptors (Lipinski definition) is 4. The molecule has 0 aliphatic carbocycles. The molecular weight excluding hydrogens is 496 g/mol. The van der Waals surface area contributed by atoms with Crippen molar-refractivity contribution >= 4 is 65.1 Å². The smallest absolute Gasteiger partial charge is 0.234 e. The summed E-state index contributed by atoms with van der Waals surface area (Å²) in [6.45, 7) is 2.13. The Morgan fingerprint density at radius 1 is 0.667 bits per heavy atom. The quantitative estimate of drug-likeness (QED) is 0.245. The molecule has 5 heteroatoms. The Balaban J connectivity index is 1.50. The van der Waals surface area contributed by atoms with Gasteiger partial charge in [-0.25, -0.2) is 4.99 Å². The number of hydrogen-bond donors (Lipinski definition) is 1. The fourth-order valence-electron chi connectivity index (χ4n) is 5.78. The maximum atomic E-state index is 5.35. The van der Waals surface area contributed by atoms with Gasteiger partial charge in [0.1, 0.15) is 5.84 Å². The van der Waals surface area contributed by atoms with Crippen LogP contribution in [0.15, 0.2) is 131 Å². The van der Waals surface area contributed by atoms with Gasteiger partial charge in [-0.15, -0.1) is 11.3 Å². The maximum absolute atomic E-state index is 5.35. The van der Waals surface area contributed by atoms with Crippen LogP contribution in [-0.2, 0) is 5.66 Å². The molecule has 0 saturated carbocycles. The standard InChI is InChI=1S/C34H24N4S/c1-34(23-14-6-3-7-15-23)36-32(22-12-4-2-5-13-22)35-33(37-34)38-28-18-10-8-16-24(28)26-20-21-27-25-17-9-11-19-29(25)39-31(27)30(26)38/h2-21H,1H3,(H,35,36,37). The van der Waals surface area contributed by atoms with E-state index < -0.39 is 5.66 Å². The van der Waals surface area contributed by atoms with Crippen LogP contribution >= 0.6 is 11.3 Å². The van der Waals surface area contributed by atoms with Crippen LogP contribution in [0.25, 0.3) is 42.0 Å². The van der Waals surface area contributed by atoms with E-state index in [1.54, 1.807) is 0 Å². The highest BCUT2D eigenvalue weighted by atomic mass is 32.1. The van der Waals surface area contributed by atoms with Crippen molar-refractivity contribution in [1.29, 1.82) is 0 Å². The van der Waals surface area contributed by atoms with Gasteiger partial charge in [-0.1, -0.05) is 109 Å². The summed E-state index contributed by atoms with van der Waals surface area (Å²) in [5, 5.41) is 8.62. The summed E-state index contributed by atoms with van der Waals surface area (Å²) in [5.74, 6) is 1.48. The molecule has 1 N–H and O–H groups in total. The van der Waals surface area contributed by atoms with Crippen molar-refractivity contribution < 1.29 is 0 Å². The Kier molecular flexibility index (Phi) is 4.78. The topological polar surface area (TPSA) is 41.7 Å². The van der Waals surface area contributed by atoms with Crippen molar-refractivity contribution in [3.05, 3.63) is 132 Å². The Morgan fingerprint density at radius 2 is 1.33 bits per heavy atom. The SMILES string of the molecule is CC1(c2ccccc2)N=C(n2c3ccccc3c3ccc4c5ccccc5sc4c32)N=C(c2ccccc2)N1. The molecule has 7 aromatic rings. The van der Waals surface area contributed by atoms with E-state index in [4.69, 9.17) is 9.98 Å². The highest BCUT2D eigenvalue weighted by molar-refractivity contribution is 7.26. The second-order valence-electron chi connectivity index (χ2n) is 10.1. The Bertz CT molecular complexity index is 2100. The molecule has 0 radical (unpaired) electrons. The molecule has 2 aromatic heterocycles. The van der Waals surface area contributed by atoms with E-state index in [2.05, 4.69) is 114 Å². The number of nitrogens with one attached hydrogen (secondary N) is 1. The lowest BCUT2D eigenvalue weighted by atomic mass is 10.0. The van der Waals surface area contributed by atoms with Gasteiger partial charge in [0.05, 0.1) is 15.7 Å². The molecule has 0 bridgehead atoms. The van der Waals surface area contributed by atoms with Gasteiger partial charge in [-0.2, -0.15) is 4.99 Å². The Labute approximate surface area is 229 Å². The molecule has 1 aliphatic rings. The van der Waals surface area contributed by atoms with Crippen LogP contribution in [0.2, 0.25) is 0 Å². The number of nitrogens with zero attached hydrogens (tertiary/aromatic N) is 3. The first-order chi connectivity index (χ1) is 19.2. The maximum Gasteiger partial charge on any atom is 0.234 e. The zero-order chi connectivity index (χ0) is 26.0. The number of rotatable bonds is 2.